The summed E-state index contributed by atoms with van der Waals surface area (Å²) in [4.78, 5) is 0. The Labute approximate surface area is 99.3 Å². The van der Waals surface area contributed by atoms with Gasteiger partial charge in [0, 0.05) is 0 Å². The van der Waals surface area contributed by atoms with E-state index in [1.54, 1.807) is 24.3 Å². The molecule has 0 aromatic heterocycles. The van der Waals surface area contributed by atoms with Crippen LogP contribution < -0.4 is 0 Å². The number of phenolic OH excluding ortho intramolecular Hbond substituents is 2. The molecule has 1 aromatic carbocycles. The monoisotopic (exact) mass is 236 g/mol. The normalized spacial score (nSPS) is 10.2. The molecular formula is C12H12O3S. The second-order valence-electron chi connectivity index (χ2n) is 3.00. The Hall–Kier alpha value is -1.81. The summed E-state index contributed by atoms with van der Waals surface area (Å²) in [6, 6.07) is 4.49. The van der Waals surface area contributed by atoms with Crippen molar-refractivity contribution in [2.45, 2.75) is 0 Å². The largest absolute Gasteiger partial charge is 0.504 e. The summed E-state index contributed by atoms with van der Waals surface area (Å²) in [5.41, 5.74) is 0.722. The van der Waals surface area contributed by atoms with Gasteiger partial charge in [0.1, 0.15) is 6.61 Å². The molecule has 0 bridgehead atoms. The minimum atomic E-state index is -0.167. The lowest BCUT2D eigenvalue weighted by atomic mass is 10.2. The van der Waals surface area contributed by atoms with Crippen molar-refractivity contribution in [2.24, 2.45) is 0 Å². The summed E-state index contributed by atoms with van der Waals surface area (Å²) < 4.78 is 5.08. The van der Waals surface area contributed by atoms with Crippen LogP contribution in [0.4, 0.5) is 0 Å². The summed E-state index contributed by atoms with van der Waals surface area (Å²) in [5.74, 6) is -0.317. The maximum atomic E-state index is 9.25. The number of aromatic hydroxyl groups is 2. The van der Waals surface area contributed by atoms with Gasteiger partial charge in [-0.25, -0.2) is 0 Å². The molecule has 0 aliphatic rings. The molecule has 4 heteroatoms. The van der Waals surface area contributed by atoms with Crippen molar-refractivity contribution in [2.75, 3.05) is 6.61 Å². The van der Waals surface area contributed by atoms with Gasteiger partial charge in [-0.1, -0.05) is 24.8 Å². The van der Waals surface area contributed by atoms with Crippen LogP contribution in [0.2, 0.25) is 0 Å². The highest BCUT2D eigenvalue weighted by atomic mass is 32.1. The first-order valence-electron chi connectivity index (χ1n) is 4.61. The van der Waals surface area contributed by atoms with E-state index < -0.39 is 0 Å². The zero-order chi connectivity index (χ0) is 12.0. The van der Waals surface area contributed by atoms with Crippen molar-refractivity contribution >= 4 is 23.3 Å². The Bertz CT molecular complexity index is 424. The first-order chi connectivity index (χ1) is 7.63. The molecule has 3 nitrogen and oxygen atoms in total. The summed E-state index contributed by atoms with van der Waals surface area (Å²) in [6.07, 6.45) is 4.89. The molecule has 0 aliphatic heterocycles. The van der Waals surface area contributed by atoms with Crippen molar-refractivity contribution in [3.8, 4) is 11.5 Å². The fourth-order valence-corrected chi connectivity index (χ4v) is 1.13. The van der Waals surface area contributed by atoms with E-state index in [1.165, 1.54) is 12.1 Å². The highest BCUT2D eigenvalue weighted by Gasteiger charge is 1.98. The third-order valence-electron chi connectivity index (χ3n) is 1.75. The van der Waals surface area contributed by atoms with Gasteiger partial charge in [0.25, 0.3) is 0 Å². The topological polar surface area (TPSA) is 49.7 Å². The van der Waals surface area contributed by atoms with E-state index >= 15 is 0 Å². The van der Waals surface area contributed by atoms with Crippen molar-refractivity contribution in [3.63, 3.8) is 0 Å². The number of hydrogen-bond acceptors (Lipinski definition) is 4. The van der Waals surface area contributed by atoms with Crippen molar-refractivity contribution in [3.05, 3.63) is 42.5 Å². The van der Waals surface area contributed by atoms with Crippen LogP contribution in [0.5, 0.6) is 11.5 Å². The molecule has 0 aliphatic carbocycles. The number of thiocarbonyl (C=S) groups is 1. The predicted octanol–water partition coefficient (Wildman–Crippen LogP) is 2.64. The van der Waals surface area contributed by atoms with E-state index in [9.17, 15) is 5.11 Å². The molecule has 0 unspecified atom stereocenters. The first kappa shape index (κ1) is 12.3. The zero-order valence-corrected chi connectivity index (χ0v) is 9.41. The smallest absolute Gasteiger partial charge is 0.184 e. The summed E-state index contributed by atoms with van der Waals surface area (Å²) >= 11 is 4.91. The number of benzene rings is 1. The molecule has 0 radical (unpaired) electrons. The van der Waals surface area contributed by atoms with Gasteiger partial charge in [-0.15, -0.1) is 0 Å². The Morgan fingerprint density at radius 1 is 1.38 bits per heavy atom. The third-order valence-corrected chi connectivity index (χ3v) is 2.01. The lowest BCUT2D eigenvalue weighted by Crippen LogP contribution is -1.96. The van der Waals surface area contributed by atoms with Crippen LogP contribution in [-0.2, 0) is 4.74 Å². The Kier molecular flexibility index (Phi) is 4.54. The molecule has 1 rings (SSSR count). The number of rotatable bonds is 4. The van der Waals surface area contributed by atoms with Crippen molar-refractivity contribution in [1.82, 2.24) is 0 Å². The molecule has 0 saturated carbocycles. The average molecular weight is 236 g/mol. The lowest BCUT2D eigenvalue weighted by Gasteiger charge is -2.00. The molecule has 0 amide bonds. The molecule has 16 heavy (non-hydrogen) atoms. The molecule has 1 aromatic rings. The van der Waals surface area contributed by atoms with E-state index in [0.717, 1.165) is 5.56 Å². The molecular weight excluding hydrogens is 224 g/mol. The molecule has 2 N–H and O–H groups in total. The van der Waals surface area contributed by atoms with Gasteiger partial charge in [0.05, 0.1) is 0 Å². The highest BCUT2D eigenvalue weighted by molar-refractivity contribution is 7.80. The van der Waals surface area contributed by atoms with Gasteiger partial charge < -0.3 is 14.9 Å². The second-order valence-corrected chi connectivity index (χ2v) is 3.40. The van der Waals surface area contributed by atoms with Crippen LogP contribution in [0, 0.1) is 0 Å². The van der Waals surface area contributed by atoms with Crippen LogP contribution in [0.25, 0.3) is 6.08 Å². The quantitative estimate of drug-likeness (QED) is 0.365. The minimum Gasteiger partial charge on any atom is -0.504 e. The number of hydrogen-bond donors (Lipinski definition) is 2. The van der Waals surface area contributed by atoms with E-state index in [4.69, 9.17) is 22.1 Å². The molecule has 0 saturated heterocycles. The Morgan fingerprint density at radius 3 is 2.75 bits per heavy atom. The summed E-state index contributed by atoms with van der Waals surface area (Å²) in [7, 11) is 0. The zero-order valence-electron chi connectivity index (χ0n) is 8.59. The fraction of sp³-hybridized carbons (Fsp3) is 0.0833. The average Bonchev–Trinajstić information content (AvgIpc) is 2.28. The maximum absolute atomic E-state index is 9.25. The van der Waals surface area contributed by atoms with Crippen LogP contribution in [0.1, 0.15) is 5.56 Å². The van der Waals surface area contributed by atoms with E-state index in [-0.39, 0.29) is 11.5 Å². The Morgan fingerprint density at radius 2 is 2.12 bits per heavy atom. The second kappa shape index (κ2) is 5.92. The van der Waals surface area contributed by atoms with Crippen LogP contribution in [0.15, 0.2) is 36.9 Å². The van der Waals surface area contributed by atoms with Gasteiger partial charge in [-0.05, 0) is 36.0 Å². The summed E-state index contributed by atoms with van der Waals surface area (Å²) in [6.45, 7) is 3.87. The highest BCUT2D eigenvalue weighted by Crippen LogP contribution is 2.25. The standard InChI is InChI=1S/C12H12O3S/c1-2-7-15-12(16)6-4-9-3-5-10(13)11(14)8-9/h2-6,8,13-14H,1,7H2/b6-4+. The van der Waals surface area contributed by atoms with Crippen LogP contribution in [-0.4, -0.2) is 21.9 Å². The molecule has 84 valence electrons. The van der Waals surface area contributed by atoms with Gasteiger partial charge in [0.15, 0.2) is 16.5 Å². The number of phenols is 2. The van der Waals surface area contributed by atoms with Gasteiger partial charge >= 0.3 is 0 Å². The van der Waals surface area contributed by atoms with Crippen LogP contribution >= 0.6 is 12.2 Å². The van der Waals surface area contributed by atoms with Gasteiger partial charge in [-0.3, -0.25) is 0 Å². The van der Waals surface area contributed by atoms with E-state index in [0.29, 0.717) is 11.7 Å². The van der Waals surface area contributed by atoms with Gasteiger partial charge in [0.2, 0.25) is 0 Å². The SMILES string of the molecule is C=CCOC(=S)/C=C/c1ccc(O)c(O)c1. The minimum absolute atomic E-state index is 0.150. The summed E-state index contributed by atoms with van der Waals surface area (Å²) in [5, 5.41) is 18.7. The third kappa shape index (κ3) is 3.74. The lowest BCUT2D eigenvalue weighted by molar-refractivity contribution is 0.363. The first-order valence-corrected chi connectivity index (χ1v) is 5.02. The van der Waals surface area contributed by atoms with E-state index in [2.05, 4.69) is 6.58 Å². The van der Waals surface area contributed by atoms with Crippen molar-refractivity contribution < 1.29 is 14.9 Å². The van der Waals surface area contributed by atoms with Gasteiger partial charge in [-0.2, -0.15) is 0 Å². The maximum Gasteiger partial charge on any atom is 0.184 e. The molecule has 0 spiro atoms. The Balaban J connectivity index is 2.65. The fourth-order valence-electron chi connectivity index (χ4n) is 0.998. The predicted molar refractivity (Wildman–Crippen MR) is 67.6 cm³/mol. The molecule has 0 fully saturated rings. The van der Waals surface area contributed by atoms with Crippen LogP contribution in [0.3, 0.4) is 0 Å². The molecule has 0 atom stereocenters. The molecule has 0 heterocycles. The van der Waals surface area contributed by atoms with Crippen molar-refractivity contribution in [1.29, 1.82) is 0 Å². The number of ether oxygens (including phenoxy) is 1. The van der Waals surface area contributed by atoms with E-state index in [1.807, 2.05) is 0 Å².